The number of aryl methyl sites for hydroxylation is 1. The van der Waals surface area contributed by atoms with E-state index in [2.05, 4.69) is 28.9 Å². The molecule has 2 aromatic rings. The molecule has 3 heteroatoms. The molecule has 0 spiro atoms. The lowest BCUT2D eigenvalue weighted by molar-refractivity contribution is 0.473. The van der Waals surface area contributed by atoms with Crippen molar-refractivity contribution in [3.05, 3.63) is 58.1 Å². The highest BCUT2D eigenvalue weighted by atomic mass is 79.9. The summed E-state index contributed by atoms with van der Waals surface area (Å²) in [7, 11) is 0. The molecule has 0 aromatic heterocycles. The van der Waals surface area contributed by atoms with Crippen molar-refractivity contribution in [2.24, 2.45) is 0 Å². The van der Waals surface area contributed by atoms with Crippen molar-refractivity contribution in [1.82, 2.24) is 0 Å². The maximum atomic E-state index is 5.94. The third kappa shape index (κ3) is 3.06. The van der Waals surface area contributed by atoms with Gasteiger partial charge >= 0.3 is 0 Å². The number of rotatable bonds is 4. The van der Waals surface area contributed by atoms with Gasteiger partial charge in [-0.05, 0) is 51.7 Å². The minimum atomic E-state index is 0.504. The first-order valence-corrected chi connectivity index (χ1v) is 7.17. The van der Waals surface area contributed by atoms with Crippen molar-refractivity contribution in [2.45, 2.75) is 19.2 Å². The van der Waals surface area contributed by atoms with E-state index in [9.17, 15) is 0 Å². The zero-order valence-corrected chi connectivity index (χ0v) is 12.5. The van der Waals surface area contributed by atoms with E-state index in [0.717, 1.165) is 28.0 Å². The number of halogens is 2. The Balaban J connectivity index is 2.28. The summed E-state index contributed by atoms with van der Waals surface area (Å²) in [5, 5.41) is 0. The van der Waals surface area contributed by atoms with Gasteiger partial charge in [-0.1, -0.05) is 31.2 Å². The van der Waals surface area contributed by atoms with Crippen LogP contribution >= 0.6 is 27.5 Å². The molecule has 2 rings (SSSR count). The molecule has 0 aliphatic carbocycles. The van der Waals surface area contributed by atoms with Crippen LogP contribution in [-0.2, 0) is 12.3 Å². The van der Waals surface area contributed by atoms with E-state index >= 15 is 0 Å². The van der Waals surface area contributed by atoms with Gasteiger partial charge in [-0.3, -0.25) is 0 Å². The molecule has 0 saturated carbocycles. The summed E-state index contributed by atoms with van der Waals surface area (Å²) >= 11 is 9.31. The number of benzene rings is 2. The lowest BCUT2D eigenvalue weighted by Gasteiger charge is -2.11. The van der Waals surface area contributed by atoms with E-state index in [4.69, 9.17) is 16.3 Å². The first-order chi connectivity index (χ1) is 8.74. The zero-order chi connectivity index (χ0) is 13.0. The maximum Gasteiger partial charge on any atom is 0.141 e. The van der Waals surface area contributed by atoms with Crippen molar-refractivity contribution >= 4 is 27.5 Å². The molecule has 0 bridgehead atoms. The number of hydrogen-bond donors (Lipinski definition) is 0. The molecule has 0 saturated heterocycles. The summed E-state index contributed by atoms with van der Waals surface area (Å²) in [6, 6.07) is 14.0. The van der Waals surface area contributed by atoms with Gasteiger partial charge in [-0.2, -0.15) is 0 Å². The van der Waals surface area contributed by atoms with Gasteiger partial charge in [0.25, 0.3) is 0 Å². The Morgan fingerprint density at radius 3 is 2.56 bits per heavy atom. The molecule has 0 atom stereocenters. The molecule has 0 unspecified atom stereocenters. The SMILES string of the molecule is CCc1ccccc1Oc1ccc(CCl)cc1Br. The molecule has 0 amide bonds. The van der Waals surface area contributed by atoms with Crippen LogP contribution in [0.1, 0.15) is 18.1 Å². The minimum absolute atomic E-state index is 0.504. The van der Waals surface area contributed by atoms with E-state index in [1.807, 2.05) is 36.4 Å². The van der Waals surface area contributed by atoms with Crippen molar-refractivity contribution in [2.75, 3.05) is 0 Å². The van der Waals surface area contributed by atoms with Crippen LogP contribution in [0.4, 0.5) is 0 Å². The van der Waals surface area contributed by atoms with Crippen molar-refractivity contribution in [3.63, 3.8) is 0 Å². The average molecular weight is 326 g/mol. The van der Waals surface area contributed by atoms with Gasteiger partial charge in [0.1, 0.15) is 11.5 Å². The molecule has 0 N–H and O–H groups in total. The molecule has 0 heterocycles. The average Bonchev–Trinajstić information content (AvgIpc) is 2.41. The number of hydrogen-bond acceptors (Lipinski definition) is 1. The lowest BCUT2D eigenvalue weighted by Crippen LogP contribution is -1.91. The van der Waals surface area contributed by atoms with Crippen molar-refractivity contribution < 1.29 is 4.74 Å². The molecule has 2 aromatic carbocycles. The monoisotopic (exact) mass is 324 g/mol. The van der Waals surface area contributed by atoms with Crippen LogP contribution in [0.5, 0.6) is 11.5 Å². The number of ether oxygens (including phenoxy) is 1. The zero-order valence-electron chi connectivity index (χ0n) is 10.1. The highest BCUT2D eigenvalue weighted by Crippen LogP contribution is 2.32. The molecule has 0 radical (unpaired) electrons. The van der Waals surface area contributed by atoms with E-state index in [1.165, 1.54) is 5.56 Å². The third-order valence-corrected chi connectivity index (χ3v) is 3.65. The van der Waals surface area contributed by atoms with Gasteiger partial charge in [0.05, 0.1) is 4.47 Å². The van der Waals surface area contributed by atoms with Crippen LogP contribution in [0, 0.1) is 0 Å². The highest BCUT2D eigenvalue weighted by molar-refractivity contribution is 9.10. The predicted molar refractivity (Wildman–Crippen MR) is 79.6 cm³/mol. The first kappa shape index (κ1) is 13.4. The molecule has 1 nitrogen and oxygen atoms in total. The van der Waals surface area contributed by atoms with Crippen molar-refractivity contribution in [3.8, 4) is 11.5 Å². The van der Waals surface area contributed by atoms with Gasteiger partial charge < -0.3 is 4.74 Å². The second-order valence-electron chi connectivity index (χ2n) is 3.96. The van der Waals surface area contributed by atoms with Gasteiger partial charge in [0, 0.05) is 5.88 Å². The summed E-state index contributed by atoms with van der Waals surface area (Å²) in [5.74, 6) is 2.22. The smallest absolute Gasteiger partial charge is 0.141 e. The fourth-order valence-corrected chi connectivity index (χ4v) is 2.40. The maximum absolute atomic E-state index is 5.94. The van der Waals surface area contributed by atoms with Crippen LogP contribution in [-0.4, -0.2) is 0 Å². The Morgan fingerprint density at radius 2 is 1.89 bits per heavy atom. The minimum Gasteiger partial charge on any atom is -0.456 e. The van der Waals surface area contributed by atoms with Gasteiger partial charge in [-0.15, -0.1) is 11.6 Å². The van der Waals surface area contributed by atoms with Gasteiger partial charge in [0.15, 0.2) is 0 Å². The van der Waals surface area contributed by atoms with Crippen molar-refractivity contribution in [1.29, 1.82) is 0 Å². The molecule has 94 valence electrons. The Bertz CT molecular complexity index is 540. The molecule has 0 fully saturated rings. The fraction of sp³-hybridized carbons (Fsp3) is 0.200. The standard InChI is InChI=1S/C15H14BrClO/c1-2-12-5-3-4-6-14(12)18-15-8-7-11(10-17)9-13(15)16/h3-9H,2,10H2,1H3. The summed E-state index contributed by atoms with van der Waals surface area (Å²) in [6.07, 6.45) is 0.952. The summed E-state index contributed by atoms with van der Waals surface area (Å²) in [6.45, 7) is 2.12. The fourth-order valence-electron chi connectivity index (χ4n) is 1.72. The first-order valence-electron chi connectivity index (χ1n) is 5.84. The molecule has 0 aliphatic rings. The summed E-state index contributed by atoms with van der Waals surface area (Å²) < 4.78 is 6.86. The molecule has 18 heavy (non-hydrogen) atoms. The Hall–Kier alpha value is -0.990. The number of para-hydroxylation sites is 1. The van der Waals surface area contributed by atoms with E-state index in [0.29, 0.717) is 5.88 Å². The quantitative estimate of drug-likeness (QED) is 0.670. The van der Waals surface area contributed by atoms with Crippen LogP contribution < -0.4 is 4.74 Å². The van der Waals surface area contributed by atoms with E-state index in [-0.39, 0.29) is 0 Å². The Kier molecular flexibility index (Phi) is 4.67. The highest BCUT2D eigenvalue weighted by Gasteiger charge is 2.06. The second-order valence-corrected chi connectivity index (χ2v) is 5.08. The predicted octanol–water partition coefficient (Wildman–Crippen LogP) is 5.54. The topological polar surface area (TPSA) is 9.23 Å². The molecule has 0 aliphatic heterocycles. The second kappa shape index (κ2) is 6.26. The Labute approximate surface area is 121 Å². The summed E-state index contributed by atoms with van der Waals surface area (Å²) in [5.41, 5.74) is 2.27. The third-order valence-electron chi connectivity index (χ3n) is 2.72. The largest absolute Gasteiger partial charge is 0.456 e. The lowest BCUT2D eigenvalue weighted by atomic mass is 10.1. The molecular formula is C15H14BrClO. The van der Waals surface area contributed by atoms with Crippen LogP contribution in [0.25, 0.3) is 0 Å². The Morgan fingerprint density at radius 1 is 1.11 bits per heavy atom. The van der Waals surface area contributed by atoms with Crippen LogP contribution in [0.3, 0.4) is 0 Å². The normalized spacial score (nSPS) is 10.4. The van der Waals surface area contributed by atoms with E-state index < -0.39 is 0 Å². The van der Waals surface area contributed by atoms with Crippen LogP contribution in [0.15, 0.2) is 46.9 Å². The summed E-state index contributed by atoms with van der Waals surface area (Å²) in [4.78, 5) is 0. The van der Waals surface area contributed by atoms with Gasteiger partial charge in [-0.25, -0.2) is 0 Å². The number of alkyl halides is 1. The van der Waals surface area contributed by atoms with Gasteiger partial charge in [0.2, 0.25) is 0 Å². The van der Waals surface area contributed by atoms with Crippen LogP contribution in [0.2, 0.25) is 0 Å². The van der Waals surface area contributed by atoms with E-state index in [1.54, 1.807) is 0 Å². The molecular weight excluding hydrogens is 312 g/mol.